The van der Waals surface area contributed by atoms with Crippen molar-refractivity contribution in [1.29, 1.82) is 0 Å². The number of benzene rings is 3. The van der Waals surface area contributed by atoms with Gasteiger partial charge in [0.25, 0.3) is 5.89 Å². The van der Waals surface area contributed by atoms with Crippen molar-refractivity contribution in [1.82, 2.24) is 15.5 Å². The van der Waals surface area contributed by atoms with E-state index < -0.39 is 0 Å². The van der Waals surface area contributed by atoms with Crippen molar-refractivity contribution in [3.05, 3.63) is 102 Å². The van der Waals surface area contributed by atoms with Crippen LogP contribution in [-0.4, -0.2) is 22.4 Å². The molecule has 35 heavy (non-hydrogen) atoms. The van der Waals surface area contributed by atoms with E-state index in [4.69, 9.17) is 26.5 Å². The molecule has 0 bridgehead atoms. The van der Waals surface area contributed by atoms with Crippen molar-refractivity contribution in [3.8, 4) is 17.1 Å². The molecule has 0 fully saturated rings. The molecule has 0 saturated carbocycles. The van der Waals surface area contributed by atoms with Crippen LogP contribution >= 0.6 is 12.2 Å². The van der Waals surface area contributed by atoms with Crippen molar-refractivity contribution in [2.24, 2.45) is 0 Å². The highest BCUT2D eigenvalue weighted by atomic mass is 32.1. The molecule has 0 aliphatic carbocycles. The lowest BCUT2D eigenvalue weighted by molar-refractivity contribution is 0.404. The van der Waals surface area contributed by atoms with E-state index in [9.17, 15) is 0 Å². The molecule has 0 saturated heterocycles. The molecule has 0 radical (unpaired) electrons. The minimum absolute atomic E-state index is 0.261. The van der Waals surface area contributed by atoms with Crippen LogP contribution in [0, 0.1) is 0 Å². The molecule has 0 spiro atoms. The monoisotopic (exact) mass is 482 g/mol. The van der Waals surface area contributed by atoms with Gasteiger partial charge in [0.1, 0.15) is 5.75 Å². The molecule has 6 nitrogen and oxygen atoms in total. The molecule has 1 aliphatic rings. The molecule has 7 heteroatoms. The van der Waals surface area contributed by atoms with E-state index in [1.54, 1.807) is 7.11 Å². The number of aromatic nitrogens is 2. The number of methoxy groups -OCH3 is 1. The molecule has 4 aromatic rings. The smallest absolute Gasteiger partial charge is 0.258 e. The first-order valence-corrected chi connectivity index (χ1v) is 11.9. The largest absolute Gasteiger partial charge is 0.497 e. The predicted molar refractivity (Wildman–Crippen MR) is 142 cm³/mol. The molecule has 1 N–H and O–H groups in total. The number of hydrogen-bond donors (Lipinski definition) is 1. The van der Waals surface area contributed by atoms with Gasteiger partial charge in [-0.05, 0) is 61.0 Å². The summed E-state index contributed by atoms with van der Waals surface area (Å²) in [5, 5.41) is 8.39. The Bertz CT molecular complexity index is 1360. The van der Waals surface area contributed by atoms with Gasteiger partial charge in [0.15, 0.2) is 5.11 Å². The minimum Gasteiger partial charge on any atom is -0.497 e. The molecule has 1 aromatic heterocycles. The fourth-order valence-corrected chi connectivity index (χ4v) is 4.66. The van der Waals surface area contributed by atoms with Gasteiger partial charge < -0.3 is 14.6 Å². The second-order valence-corrected chi connectivity index (χ2v) is 8.69. The molecule has 1 aliphatic heterocycles. The van der Waals surface area contributed by atoms with Gasteiger partial charge in [-0.25, -0.2) is 0 Å². The van der Waals surface area contributed by atoms with E-state index in [1.165, 1.54) is 5.56 Å². The van der Waals surface area contributed by atoms with E-state index in [0.717, 1.165) is 40.3 Å². The van der Waals surface area contributed by atoms with Crippen LogP contribution < -0.4 is 15.0 Å². The maximum Gasteiger partial charge on any atom is 0.258 e. The minimum atomic E-state index is -0.261. The third kappa shape index (κ3) is 4.42. The predicted octanol–water partition coefficient (Wildman–Crippen LogP) is 6.17. The van der Waals surface area contributed by atoms with Crippen molar-refractivity contribution >= 4 is 28.6 Å². The SMILES string of the molecule is CCc1ccc(N2C(=S)NC(c3ccc(OC)cc3)C(c3nc(-c4ccccc4)no3)=C2C)cc1. The normalized spacial score (nSPS) is 15.8. The standard InChI is InChI=1S/C28H26N4O2S/c1-4-19-10-14-22(15-11-19)32-18(2)24(27-30-26(31-34-27)21-8-6-5-7-9-21)25(29-28(32)35)20-12-16-23(33-3)17-13-20/h5-17,25H,4H2,1-3H3,(H,29,35). The van der Waals surface area contributed by atoms with Crippen LogP contribution in [0.2, 0.25) is 0 Å². The molecule has 3 aromatic carbocycles. The third-order valence-corrected chi connectivity index (χ3v) is 6.53. The Morgan fingerprint density at radius 3 is 2.37 bits per heavy atom. The van der Waals surface area contributed by atoms with Gasteiger partial charge in [0.2, 0.25) is 5.82 Å². The third-order valence-electron chi connectivity index (χ3n) is 6.23. The number of nitrogens with zero attached hydrogens (tertiary/aromatic N) is 3. The van der Waals surface area contributed by atoms with Crippen LogP contribution in [0.15, 0.2) is 89.1 Å². The summed E-state index contributed by atoms with van der Waals surface area (Å²) in [6.07, 6.45) is 0.979. The number of anilines is 1. The zero-order chi connectivity index (χ0) is 24.4. The van der Waals surface area contributed by atoms with Crippen molar-refractivity contribution in [2.75, 3.05) is 12.0 Å². The van der Waals surface area contributed by atoms with Gasteiger partial charge in [0.05, 0.1) is 18.7 Å². The second kappa shape index (κ2) is 9.72. The number of ether oxygens (including phenoxy) is 1. The van der Waals surface area contributed by atoms with Gasteiger partial charge in [-0.3, -0.25) is 4.90 Å². The van der Waals surface area contributed by atoms with Crippen molar-refractivity contribution in [2.45, 2.75) is 26.3 Å². The van der Waals surface area contributed by atoms with E-state index >= 15 is 0 Å². The summed E-state index contributed by atoms with van der Waals surface area (Å²) in [6.45, 7) is 4.18. The Balaban J connectivity index is 1.63. The molecule has 5 rings (SSSR count). The van der Waals surface area contributed by atoms with Gasteiger partial charge >= 0.3 is 0 Å². The Labute approximate surface area is 210 Å². The molecular formula is C28H26N4O2S. The van der Waals surface area contributed by atoms with Gasteiger partial charge in [0, 0.05) is 16.9 Å². The van der Waals surface area contributed by atoms with Crippen molar-refractivity contribution in [3.63, 3.8) is 0 Å². The number of nitrogens with one attached hydrogen (secondary N) is 1. The number of hydrogen-bond acceptors (Lipinski definition) is 5. The van der Waals surface area contributed by atoms with Gasteiger partial charge in [-0.15, -0.1) is 0 Å². The quantitative estimate of drug-likeness (QED) is 0.330. The zero-order valence-corrected chi connectivity index (χ0v) is 20.7. The summed E-state index contributed by atoms with van der Waals surface area (Å²) in [5.74, 6) is 1.78. The average Bonchev–Trinajstić information content (AvgIpc) is 3.39. The van der Waals surface area contributed by atoms with E-state index in [-0.39, 0.29) is 6.04 Å². The summed E-state index contributed by atoms with van der Waals surface area (Å²) >= 11 is 5.85. The number of rotatable bonds is 6. The van der Waals surface area contributed by atoms with Crippen LogP contribution in [0.5, 0.6) is 5.75 Å². The van der Waals surface area contributed by atoms with E-state index in [0.29, 0.717) is 16.8 Å². The molecule has 2 heterocycles. The maximum absolute atomic E-state index is 5.85. The summed E-state index contributed by atoms with van der Waals surface area (Å²) in [5.41, 5.74) is 5.97. The molecule has 0 amide bonds. The number of thiocarbonyl (C=S) groups is 1. The Kier molecular flexibility index (Phi) is 6.33. The van der Waals surface area contributed by atoms with E-state index in [2.05, 4.69) is 41.7 Å². The lowest BCUT2D eigenvalue weighted by atomic mass is 9.94. The van der Waals surface area contributed by atoms with Gasteiger partial charge in [-0.1, -0.05) is 66.7 Å². The lowest BCUT2D eigenvalue weighted by Crippen LogP contribution is -2.46. The van der Waals surface area contributed by atoms with Crippen LogP contribution in [0.4, 0.5) is 5.69 Å². The molecule has 176 valence electrons. The zero-order valence-electron chi connectivity index (χ0n) is 19.9. The van der Waals surface area contributed by atoms with Crippen LogP contribution in [-0.2, 0) is 6.42 Å². The highest BCUT2D eigenvalue weighted by Crippen LogP contribution is 2.39. The molecule has 1 atom stereocenters. The Morgan fingerprint density at radius 1 is 1.00 bits per heavy atom. The van der Waals surface area contributed by atoms with Crippen LogP contribution in [0.25, 0.3) is 17.0 Å². The maximum atomic E-state index is 5.85. The number of allylic oxidation sites excluding steroid dienone is 1. The fourth-order valence-electron chi connectivity index (χ4n) is 4.30. The van der Waals surface area contributed by atoms with Gasteiger partial charge in [-0.2, -0.15) is 4.98 Å². The summed E-state index contributed by atoms with van der Waals surface area (Å²) in [4.78, 5) is 6.80. The topological polar surface area (TPSA) is 63.4 Å². The Hall–Kier alpha value is -3.97. The number of aryl methyl sites for hydroxylation is 1. The van der Waals surface area contributed by atoms with Crippen LogP contribution in [0.1, 0.15) is 36.9 Å². The lowest BCUT2D eigenvalue weighted by Gasteiger charge is -2.37. The highest BCUT2D eigenvalue weighted by molar-refractivity contribution is 7.80. The first-order valence-electron chi connectivity index (χ1n) is 11.5. The van der Waals surface area contributed by atoms with Crippen LogP contribution in [0.3, 0.4) is 0 Å². The van der Waals surface area contributed by atoms with Crippen molar-refractivity contribution < 1.29 is 9.26 Å². The Morgan fingerprint density at radius 2 is 1.71 bits per heavy atom. The average molecular weight is 483 g/mol. The summed E-state index contributed by atoms with van der Waals surface area (Å²) in [7, 11) is 1.66. The first-order chi connectivity index (χ1) is 17.1. The summed E-state index contributed by atoms with van der Waals surface area (Å²) in [6, 6.07) is 25.9. The fraction of sp³-hybridized carbons (Fsp3) is 0.179. The van der Waals surface area contributed by atoms with E-state index in [1.807, 2.05) is 66.4 Å². The highest BCUT2D eigenvalue weighted by Gasteiger charge is 2.34. The first kappa shape index (κ1) is 22.8. The molecule has 1 unspecified atom stereocenters. The summed E-state index contributed by atoms with van der Waals surface area (Å²) < 4.78 is 11.2. The molecular weight excluding hydrogens is 456 g/mol. The second-order valence-electron chi connectivity index (χ2n) is 8.30.